The van der Waals surface area contributed by atoms with E-state index in [1.165, 1.54) is 0 Å². The molecule has 1 aliphatic rings. The highest BCUT2D eigenvalue weighted by molar-refractivity contribution is 5.55. The summed E-state index contributed by atoms with van der Waals surface area (Å²) < 4.78 is 16.2. The van der Waals surface area contributed by atoms with E-state index in [2.05, 4.69) is 0 Å². The number of ether oxygens (including phenoxy) is 3. The van der Waals surface area contributed by atoms with Crippen LogP contribution in [0.1, 0.15) is 11.6 Å². The summed E-state index contributed by atoms with van der Waals surface area (Å²) in [6.45, 7) is 1.45. The highest BCUT2D eigenvalue weighted by Gasteiger charge is 2.19. The summed E-state index contributed by atoms with van der Waals surface area (Å²) in [5.41, 5.74) is 12.3. The summed E-state index contributed by atoms with van der Waals surface area (Å²) in [5, 5.41) is 0. The molecule has 16 heavy (non-hydrogen) atoms. The number of hydrogen-bond acceptors (Lipinski definition) is 5. The van der Waals surface area contributed by atoms with Gasteiger partial charge in [0.25, 0.3) is 0 Å². The smallest absolute Gasteiger partial charge is 0.203 e. The second-order valence-corrected chi connectivity index (χ2v) is 3.59. The molecule has 1 aliphatic heterocycles. The molecule has 0 aliphatic carbocycles. The number of fused-ring (bicyclic) bond motifs is 1. The van der Waals surface area contributed by atoms with Crippen molar-refractivity contribution in [3.63, 3.8) is 0 Å². The van der Waals surface area contributed by atoms with Crippen molar-refractivity contribution < 1.29 is 14.2 Å². The minimum Gasteiger partial charge on any atom is -0.493 e. The van der Waals surface area contributed by atoms with E-state index in [0.29, 0.717) is 37.0 Å². The fourth-order valence-corrected chi connectivity index (χ4v) is 1.64. The van der Waals surface area contributed by atoms with Crippen LogP contribution in [0.2, 0.25) is 0 Å². The van der Waals surface area contributed by atoms with E-state index in [4.69, 9.17) is 25.7 Å². The van der Waals surface area contributed by atoms with E-state index in [1.54, 1.807) is 7.11 Å². The lowest BCUT2D eigenvalue weighted by Gasteiger charge is -2.22. The maximum atomic E-state index is 5.87. The van der Waals surface area contributed by atoms with Gasteiger partial charge in [0.1, 0.15) is 13.2 Å². The van der Waals surface area contributed by atoms with Crippen LogP contribution in [-0.4, -0.2) is 26.9 Å². The van der Waals surface area contributed by atoms with E-state index in [-0.39, 0.29) is 6.04 Å². The second-order valence-electron chi connectivity index (χ2n) is 3.59. The van der Waals surface area contributed by atoms with Gasteiger partial charge in [-0.05, 0) is 17.7 Å². The standard InChI is InChI=1S/C11H16N2O3/c1-14-9-4-7(8(13)6-12)5-10-11(9)16-3-2-15-10/h4-5,8H,2-3,6,12-13H2,1H3/t8-/m0/s1. The average Bonchev–Trinajstić information content (AvgIpc) is 2.36. The molecular formula is C11H16N2O3. The number of benzene rings is 1. The van der Waals surface area contributed by atoms with E-state index in [1.807, 2.05) is 12.1 Å². The monoisotopic (exact) mass is 224 g/mol. The average molecular weight is 224 g/mol. The van der Waals surface area contributed by atoms with Gasteiger partial charge in [-0.15, -0.1) is 0 Å². The van der Waals surface area contributed by atoms with E-state index < -0.39 is 0 Å². The fraction of sp³-hybridized carbons (Fsp3) is 0.455. The van der Waals surface area contributed by atoms with E-state index >= 15 is 0 Å². The summed E-state index contributed by atoms with van der Waals surface area (Å²) in [6.07, 6.45) is 0. The lowest BCUT2D eigenvalue weighted by Crippen LogP contribution is -2.22. The zero-order valence-electron chi connectivity index (χ0n) is 9.23. The van der Waals surface area contributed by atoms with E-state index in [9.17, 15) is 0 Å². The Balaban J connectivity index is 2.43. The molecule has 1 aromatic carbocycles. The van der Waals surface area contributed by atoms with Gasteiger partial charge in [0.2, 0.25) is 5.75 Å². The van der Waals surface area contributed by atoms with Crippen LogP contribution in [0.15, 0.2) is 12.1 Å². The molecule has 0 fully saturated rings. The van der Waals surface area contributed by atoms with Crippen molar-refractivity contribution in [1.82, 2.24) is 0 Å². The molecule has 0 spiro atoms. The lowest BCUT2D eigenvalue weighted by atomic mass is 10.1. The van der Waals surface area contributed by atoms with Crippen LogP contribution in [-0.2, 0) is 0 Å². The molecule has 0 saturated heterocycles. The molecule has 5 nitrogen and oxygen atoms in total. The third-order valence-electron chi connectivity index (χ3n) is 2.53. The van der Waals surface area contributed by atoms with Crippen molar-refractivity contribution in [2.24, 2.45) is 11.5 Å². The summed E-state index contributed by atoms with van der Waals surface area (Å²) in [4.78, 5) is 0. The third kappa shape index (κ3) is 1.91. The fourth-order valence-electron chi connectivity index (χ4n) is 1.64. The zero-order chi connectivity index (χ0) is 11.5. The molecule has 1 aromatic rings. The number of nitrogens with two attached hydrogens (primary N) is 2. The maximum Gasteiger partial charge on any atom is 0.203 e. The maximum absolute atomic E-state index is 5.87. The van der Waals surface area contributed by atoms with Crippen molar-refractivity contribution in [2.45, 2.75) is 6.04 Å². The minimum atomic E-state index is -0.218. The molecule has 0 aromatic heterocycles. The zero-order valence-corrected chi connectivity index (χ0v) is 9.23. The number of hydrogen-bond donors (Lipinski definition) is 2. The normalized spacial score (nSPS) is 15.7. The van der Waals surface area contributed by atoms with Crippen molar-refractivity contribution in [1.29, 1.82) is 0 Å². The van der Waals surface area contributed by atoms with E-state index in [0.717, 1.165) is 5.56 Å². The van der Waals surface area contributed by atoms with Crippen molar-refractivity contribution >= 4 is 0 Å². The first kappa shape index (κ1) is 11.0. The summed E-state index contributed by atoms with van der Waals surface area (Å²) in [7, 11) is 1.59. The van der Waals surface area contributed by atoms with Crippen LogP contribution in [0.4, 0.5) is 0 Å². The summed E-state index contributed by atoms with van der Waals surface area (Å²) in [5.74, 6) is 1.95. The van der Waals surface area contributed by atoms with Crippen LogP contribution in [0.3, 0.4) is 0 Å². The second kappa shape index (κ2) is 4.59. The molecular weight excluding hydrogens is 208 g/mol. The Bertz CT molecular complexity index is 364. The predicted octanol–water partition coefficient (Wildman–Crippen LogP) is 0.425. The first-order valence-corrected chi connectivity index (χ1v) is 5.19. The third-order valence-corrected chi connectivity index (χ3v) is 2.53. The molecule has 2 rings (SSSR count). The first-order chi connectivity index (χ1) is 7.76. The lowest BCUT2D eigenvalue weighted by molar-refractivity contribution is 0.165. The van der Waals surface area contributed by atoms with Crippen LogP contribution < -0.4 is 25.7 Å². The molecule has 1 atom stereocenters. The summed E-state index contributed by atoms with van der Waals surface area (Å²) >= 11 is 0. The largest absolute Gasteiger partial charge is 0.493 e. The van der Waals surface area contributed by atoms with Gasteiger partial charge in [-0.25, -0.2) is 0 Å². The van der Waals surface area contributed by atoms with Gasteiger partial charge in [-0.3, -0.25) is 0 Å². The quantitative estimate of drug-likeness (QED) is 0.778. The topological polar surface area (TPSA) is 79.7 Å². The molecule has 5 heteroatoms. The Morgan fingerprint density at radius 3 is 2.81 bits per heavy atom. The number of methoxy groups -OCH3 is 1. The van der Waals surface area contributed by atoms with Gasteiger partial charge in [0, 0.05) is 12.6 Å². The molecule has 0 bridgehead atoms. The number of rotatable bonds is 3. The Morgan fingerprint density at radius 1 is 1.38 bits per heavy atom. The molecule has 0 radical (unpaired) electrons. The molecule has 4 N–H and O–H groups in total. The molecule has 0 saturated carbocycles. The van der Waals surface area contributed by atoms with Crippen LogP contribution in [0.5, 0.6) is 17.2 Å². The van der Waals surface area contributed by atoms with Crippen molar-refractivity contribution in [3.8, 4) is 17.2 Å². The van der Waals surface area contributed by atoms with Crippen LogP contribution >= 0.6 is 0 Å². The molecule has 0 amide bonds. The summed E-state index contributed by atoms with van der Waals surface area (Å²) in [6, 6.07) is 3.48. The Kier molecular flexibility index (Phi) is 3.17. The molecule has 0 unspecified atom stereocenters. The van der Waals surface area contributed by atoms with Gasteiger partial charge in [0.05, 0.1) is 7.11 Å². The Labute approximate surface area is 94.3 Å². The highest BCUT2D eigenvalue weighted by atomic mass is 16.6. The minimum absolute atomic E-state index is 0.218. The molecule has 1 heterocycles. The SMILES string of the molecule is COc1cc([C@@H](N)CN)cc2c1OCCO2. The van der Waals surface area contributed by atoms with Gasteiger partial charge in [0.15, 0.2) is 11.5 Å². The Morgan fingerprint density at radius 2 is 2.12 bits per heavy atom. The van der Waals surface area contributed by atoms with Crippen molar-refractivity contribution in [2.75, 3.05) is 26.9 Å². The van der Waals surface area contributed by atoms with Gasteiger partial charge in [-0.2, -0.15) is 0 Å². The van der Waals surface area contributed by atoms with Gasteiger partial charge >= 0.3 is 0 Å². The van der Waals surface area contributed by atoms with Gasteiger partial charge < -0.3 is 25.7 Å². The van der Waals surface area contributed by atoms with Crippen molar-refractivity contribution in [3.05, 3.63) is 17.7 Å². The molecule has 88 valence electrons. The predicted molar refractivity (Wildman–Crippen MR) is 60.0 cm³/mol. The van der Waals surface area contributed by atoms with Crippen LogP contribution in [0, 0.1) is 0 Å². The van der Waals surface area contributed by atoms with Gasteiger partial charge in [-0.1, -0.05) is 0 Å². The first-order valence-electron chi connectivity index (χ1n) is 5.19. The Hall–Kier alpha value is -1.46. The highest BCUT2D eigenvalue weighted by Crippen LogP contribution is 2.41. The van der Waals surface area contributed by atoms with Crippen LogP contribution in [0.25, 0.3) is 0 Å².